The number of anilines is 2. The van der Waals surface area contributed by atoms with E-state index < -0.39 is 39.1 Å². The van der Waals surface area contributed by atoms with Crippen LogP contribution in [0.4, 0.5) is 11.4 Å². The highest BCUT2D eigenvalue weighted by atomic mass is 32.2. The lowest BCUT2D eigenvalue weighted by molar-refractivity contribution is -0.114. The van der Waals surface area contributed by atoms with E-state index in [4.69, 9.17) is 4.74 Å². The molecular formula is C21H24N2O6S. The molecule has 0 aliphatic carbocycles. The van der Waals surface area contributed by atoms with Gasteiger partial charge < -0.3 is 15.4 Å². The van der Waals surface area contributed by atoms with Gasteiger partial charge in [0.15, 0.2) is 9.84 Å². The molecule has 2 aromatic carbocycles. The van der Waals surface area contributed by atoms with Crippen molar-refractivity contribution >= 4 is 39.0 Å². The molecule has 30 heavy (non-hydrogen) atoms. The summed E-state index contributed by atoms with van der Waals surface area (Å²) in [7, 11) is -3.98. The lowest BCUT2D eigenvalue weighted by atomic mass is 10.2. The van der Waals surface area contributed by atoms with E-state index in [1.807, 2.05) is 19.9 Å². The molecule has 2 N–H and O–H groups in total. The van der Waals surface area contributed by atoms with Crippen molar-refractivity contribution in [2.75, 3.05) is 28.7 Å². The van der Waals surface area contributed by atoms with Gasteiger partial charge in [-0.3, -0.25) is 9.59 Å². The molecule has 0 spiro atoms. The van der Waals surface area contributed by atoms with Gasteiger partial charge in [0.2, 0.25) is 11.8 Å². The van der Waals surface area contributed by atoms with E-state index in [0.29, 0.717) is 12.1 Å². The van der Waals surface area contributed by atoms with Crippen LogP contribution in [0.5, 0.6) is 0 Å². The molecule has 160 valence electrons. The molecule has 0 bridgehead atoms. The zero-order chi connectivity index (χ0) is 22.1. The Hall–Kier alpha value is -3.20. The quantitative estimate of drug-likeness (QED) is 0.588. The molecule has 0 aliphatic heterocycles. The molecule has 2 aromatic rings. The summed E-state index contributed by atoms with van der Waals surface area (Å²) >= 11 is 0. The molecule has 0 unspecified atom stereocenters. The number of rotatable bonds is 9. The van der Waals surface area contributed by atoms with E-state index in [1.54, 1.807) is 24.3 Å². The summed E-state index contributed by atoms with van der Waals surface area (Å²) in [5.74, 6) is -3.75. The van der Waals surface area contributed by atoms with Crippen LogP contribution in [0.1, 0.15) is 29.3 Å². The van der Waals surface area contributed by atoms with Crippen LogP contribution in [0.25, 0.3) is 0 Å². The van der Waals surface area contributed by atoms with Crippen molar-refractivity contribution in [3.05, 3.63) is 59.7 Å². The number of carbonyl (C=O) groups excluding carboxylic acids is 3. The van der Waals surface area contributed by atoms with Gasteiger partial charge >= 0.3 is 5.97 Å². The van der Waals surface area contributed by atoms with Crippen molar-refractivity contribution in [1.29, 1.82) is 0 Å². The Kier molecular flexibility index (Phi) is 8.11. The van der Waals surface area contributed by atoms with E-state index in [-0.39, 0.29) is 17.9 Å². The highest BCUT2D eigenvalue weighted by Gasteiger charge is 2.21. The molecule has 0 heterocycles. The average molecular weight is 432 g/mol. The molecule has 0 aliphatic rings. The molecular weight excluding hydrogens is 408 g/mol. The minimum atomic E-state index is -3.98. The number of hydrogen-bond acceptors (Lipinski definition) is 6. The third kappa shape index (κ3) is 7.67. The van der Waals surface area contributed by atoms with E-state index in [2.05, 4.69) is 10.6 Å². The maximum Gasteiger partial charge on any atom is 0.338 e. The van der Waals surface area contributed by atoms with Gasteiger partial charge in [-0.1, -0.05) is 25.1 Å². The molecule has 0 radical (unpaired) electrons. The molecule has 2 rings (SSSR count). The first-order chi connectivity index (χ1) is 14.2. The number of nitrogens with one attached hydrogen (secondary N) is 2. The third-order valence-corrected chi connectivity index (χ3v) is 5.23. The minimum absolute atomic E-state index is 0.238. The highest BCUT2D eigenvalue weighted by Crippen LogP contribution is 2.13. The zero-order valence-corrected chi connectivity index (χ0v) is 17.6. The molecule has 0 saturated carbocycles. The summed E-state index contributed by atoms with van der Waals surface area (Å²) in [6.07, 6.45) is 0.678. The third-order valence-electron chi connectivity index (χ3n) is 3.82. The van der Waals surface area contributed by atoms with Crippen LogP contribution in [0, 0.1) is 6.92 Å². The van der Waals surface area contributed by atoms with Crippen molar-refractivity contribution in [2.45, 2.75) is 20.3 Å². The molecule has 0 aromatic heterocycles. The second kappa shape index (κ2) is 10.5. The van der Waals surface area contributed by atoms with Gasteiger partial charge in [0.1, 0.15) is 11.5 Å². The predicted molar refractivity (Wildman–Crippen MR) is 114 cm³/mol. The first-order valence-corrected chi connectivity index (χ1v) is 11.1. The van der Waals surface area contributed by atoms with Gasteiger partial charge in [-0.25, -0.2) is 13.2 Å². The number of carbonyl (C=O) groups is 3. The summed E-state index contributed by atoms with van der Waals surface area (Å²) in [6.45, 7) is 3.99. The maximum atomic E-state index is 12.2. The van der Waals surface area contributed by atoms with Crippen molar-refractivity contribution in [2.24, 2.45) is 0 Å². The Bertz CT molecular complexity index is 1030. The monoisotopic (exact) mass is 432 g/mol. The smallest absolute Gasteiger partial charge is 0.338 e. The number of esters is 1. The van der Waals surface area contributed by atoms with E-state index in [0.717, 1.165) is 5.56 Å². The van der Waals surface area contributed by atoms with Gasteiger partial charge in [0.25, 0.3) is 0 Å². The maximum absolute atomic E-state index is 12.2. The van der Waals surface area contributed by atoms with Crippen molar-refractivity contribution in [3.8, 4) is 0 Å². The Morgan fingerprint density at radius 2 is 1.47 bits per heavy atom. The summed E-state index contributed by atoms with van der Waals surface area (Å²) in [4.78, 5) is 36.0. The van der Waals surface area contributed by atoms with E-state index >= 15 is 0 Å². The van der Waals surface area contributed by atoms with Gasteiger partial charge in [0.05, 0.1) is 12.2 Å². The standard InChI is InChI=1S/C21H24N2O6S/c1-3-10-29-21(26)16-7-5-9-18(12-16)23-20(25)14-30(27,28)13-19(24)22-17-8-4-6-15(2)11-17/h4-9,11-12H,3,10,13-14H2,1-2H3,(H,22,24)(H,23,25). The van der Waals surface area contributed by atoms with Crippen molar-refractivity contribution < 1.29 is 27.5 Å². The second-order valence-corrected chi connectivity index (χ2v) is 8.78. The SMILES string of the molecule is CCCOC(=O)c1cccc(NC(=O)CS(=O)(=O)CC(=O)Nc2cccc(C)c2)c1. The lowest BCUT2D eigenvalue weighted by Gasteiger charge is -2.09. The van der Waals surface area contributed by atoms with Crippen LogP contribution in [-0.2, 0) is 24.2 Å². The summed E-state index contributed by atoms with van der Waals surface area (Å²) in [6, 6.07) is 12.9. The van der Waals surface area contributed by atoms with E-state index in [9.17, 15) is 22.8 Å². The fourth-order valence-electron chi connectivity index (χ4n) is 2.57. The fraction of sp³-hybridized carbons (Fsp3) is 0.286. The fourth-order valence-corrected chi connectivity index (χ4v) is 3.61. The first-order valence-electron chi connectivity index (χ1n) is 9.32. The largest absolute Gasteiger partial charge is 0.462 e. The van der Waals surface area contributed by atoms with Crippen LogP contribution in [0.3, 0.4) is 0 Å². The van der Waals surface area contributed by atoms with Crippen molar-refractivity contribution in [1.82, 2.24) is 0 Å². The molecule has 0 saturated heterocycles. The average Bonchev–Trinajstić information content (AvgIpc) is 2.65. The van der Waals surface area contributed by atoms with E-state index in [1.165, 1.54) is 18.2 Å². The number of sulfone groups is 1. The molecule has 9 heteroatoms. The number of hydrogen-bond donors (Lipinski definition) is 2. The zero-order valence-electron chi connectivity index (χ0n) is 16.8. The Morgan fingerprint density at radius 1 is 0.900 bits per heavy atom. The molecule has 2 amide bonds. The van der Waals surface area contributed by atoms with Crippen LogP contribution in [0.2, 0.25) is 0 Å². The number of aryl methyl sites for hydroxylation is 1. The predicted octanol–water partition coefficient (Wildman–Crippen LogP) is 2.55. The number of amides is 2. The molecule has 8 nitrogen and oxygen atoms in total. The second-order valence-electron chi connectivity index (χ2n) is 6.71. The topological polar surface area (TPSA) is 119 Å². The molecule has 0 fully saturated rings. The lowest BCUT2D eigenvalue weighted by Crippen LogP contribution is -2.30. The van der Waals surface area contributed by atoms with Crippen molar-refractivity contribution in [3.63, 3.8) is 0 Å². The van der Waals surface area contributed by atoms with Gasteiger partial charge in [-0.2, -0.15) is 0 Å². The van der Waals surface area contributed by atoms with Crippen LogP contribution >= 0.6 is 0 Å². The van der Waals surface area contributed by atoms with Gasteiger partial charge in [0, 0.05) is 11.4 Å². The summed E-state index contributed by atoms with van der Waals surface area (Å²) in [5, 5.41) is 4.92. The number of ether oxygens (including phenoxy) is 1. The highest BCUT2D eigenvalue weighted by molar-refractivity contribution is 7.92. The van der Waals surface area contributed by atoms with Crippen LogP contribution in [-0.4, -0.2) is 44.3 Å². The van der Waals surface area contributed by atoms with Crippen LogP contribution < -0.4 is 10.6 Å². The Labute approximate surface area is 175 Å². The number of benzene rings is 2. The first kappa shape index (κ1) is 23.1. The summed E-state index contributed by atoms with van der Waals surface area (Å²) in [5.41, 5.74) is 1.88. The van der Waals surface area contributed by atoms with Gasteiger partial charge in [-0.15, -0.1) is 0 Å². The molecule has 0 atom stereocenters. The summed E-state index contributed by atoms with van der Waals surface area (Å²) < 4.78 is 29.4. The van der Waals surface area contributed by atoms with Crippen LogP contribution in [0.15, 0.2) is 48.5 Å². The Balaban J connectivity index is 1.93. The minimum Gasteiger partial charge on any atom is -0.462 e. The van der Waals surface area contributed by atoms with Gasteiger partial charge in [-0.05, 0) is 49.2 Å². The Morgan fingerprint density at radius 3 is 2.03 bits per heavy atom. The normalized spacial score (nSPS) is 10.9.